The Balaban J connectivity index is 1.36. The summed E-state index contributed by atoms with van der Waals surface area (Å²) in [5.74, 6) is -0.132. The van der Waals surface area contributed by atoms with Gasteiger partial charge in [0.25, 0.3) is 5.89 Å². The number of hydrogen-bond donors (Lipinski definition) is 2. The Morgan fingerprint density at radius 1 is 1.13 bits per heavy atom. The minimum atomic E-state index is -0.708. The van der Waals surface area contributed by atoms with Crippen molar-refractivity contribution >= 4 is 46.0 Å². The molecule has 0 atom stereocenters. The zero-order chi connectivity index (χ0) is 27.1. The lowest BCUT2D eigenvalue weighted by molar-refractivity contribution is -0.128. The van der Waals surface area contributed by atoms with Gasteiger partial charge in [-0.25, -0.2) is 4.98 Å². The number of nitrogens with zero attached hydrogens (tertiary/aromatic N) is 2. The summed E-state index contributed by atoms with van der Waals surface area (Å²) in [5.41, 5.74) is 1.11. The van der Waals surface area contributed by atoms with Gasteiger partial charge in [-0.1, -0.05) is 43.6 Å². The van der Waals surface area contributed by atoms with Crippen molar-refractivity contribution in [3.05, 3.63) is 59.4 Å². The molecule has 0 unspecified atom stereocenters. The molecule has 202 valence electrons. The molecule has 1 aromatic heterocycles. The first-order valence-corrected chi connectivity index (χ1v) is 13.6. The number of ketones is 1. The zero-order valence-corrected chi connectivity index (χ0v) is 22.7. The maximum atomic E-state index is 13.7. The van der Waals surface area contributed by atoms with Gasteiger partial charge in [0.2, 0.25) is 17.6 Å². The van der Waals surface area contributed by atoms with E-state index in [4.69, 9.17) is 16.0 Å². The number of oxazole rings is 1. The fourth-order valence-corrected chi connectivity index (χ4v) is 4.85. The van der Waals surface area contributed by atoms with Crippen molar-refractivity contribution in [2.45, 2.75) is 46.0 Å². The summed E-state index contributed by atoms with van der Waals surface area (Å²) < 4.78 is 5.60. The van der Waals surface area contributed by atoms with Crippen molar-refractivity contribution in [1.29, 1.82) is 0 Å². The lowest BCUT2D eigenvalue weighted by Crippen LogP contribution is -2.44. The van der Waals surface area contributed by atoms with Crippen LogP contribution in [-0.2, 0) is 9.59 Å². The van der Waals surface area contributed by atoms with Crippen LogP contribution >= 0.6 is 11.6 Å². The molecule has 0 saturated carbocycles. The highest BCUT2D eigenvalue weighted by atomic mass is 35.5. The second-order valence-corrected chi connectivity index (χ2v) is 10.8. The van der Waals surface area contributed by atoms with E-state index < -0.39 is 5.41 Å². The van der Waals surface area contributed by atoms with Gasteiger partial charge >= 0.3 is 0 Å². The quantitative estimate of drug-likeness (QED) is 0.333. The highest BCUT2D eigenvalue weighted by molar-refractivity contribution is 6.31. The number of carbonyl (C=O) groups excluding carboxylic acids is 3. The summed E-state index contributed by atoms with van der Waals surface area (Å²) in [6.07, 6.45) is 2.82. The highest BCUT2D eigenvalue weighted by Crippen LogP contribution is 2.28. The maximum Gasteiger partial charge on any atom is 0.264 e. The van der Waals surface area contributed by atoms with Gasteiger partial charge in [0, 0.05) is 41.6 Å². The molecule has 1 aliphatic heterocycles. The highest BCUT2D eigenvalue weighted by Gasteiger charge is 2.33. The van der Waals surface area contributed by atoms with Gasteiger partial charge in [-0.15, -0.1) is 0 Å². The number of Topliss-reactive ketones (excluding diaryl/α,β-unsaturated/α-hetero) is 1. The molecule has 0 bridgehead atoms. The van der Waals surface area contributed by atoms with Gasteiger partial charge in [-0.2, -0.15) is 0 Å². The number of benzene rings is 2. The van der Waals surface area contributed by atoms with Crippen molar-refractivity contribution in [2.24, 2.45) is 11.3 Å². The van der Waals surface area contributed by atoms with Gasteiger partial charge in [-0.05, 0) is 69.1 Å². The smallest absolute Gasteiger partial charge is 0.264 e. The number of halogens is 1. The number of anilines is 1. The zero-order valence-electron chi connectivity index (χ0n) is 22.0. The molecule has 2 aromatic carbocycles. The van der Waals surface area contributed by atoms with Crippen LogP contribution in [0.2, 0.25) is 5.02 Å². The van der Waals surface area contributed by atoms with E-state index in [9.17, 15) is 14.4 Å². The molecular formula is C29H35ClN4O4. The van der Waals surface area contributed by atoms with Crippen molar-refractivity contribution < 1.29 is 18.8 Å². The average molecular weight is 539 g/mol. The first-order chi connectivity index (χ1) is 18.2. The molecule has 3 aromatic rings. The lowest BCUT2D eigenvalue weighted by atomic mass is 9.87. The number of carbonyl (C=O) groups is 3. The molecule has 0 spiro atoms. The molecule has 4 rings (SSSR count). The fourth-order valence-electron chi connectivity index (χ4n) is 4.68. The molecule has 1 saturated heterocycles. The summed E-state index contributed by atoms with van der Waals surface area (Å²) in [7, 11) is 0. The van der Waals surface area contributed by atoms with E-state index in [-0.39, 0.29) is 35.8 Å². The van der Waals surface area contributed by atoms with Crippen molar-refractivity contribution in [3.63, 3.8) is 0 Å². The number of nitrogens with one attached hydrogen (secondary N) is 2. The first kappa shape index (κ1) is 27.8. The standard InChI is InChI=1S/C29H35ClN4O4/c1-29(2,14-17-32-26(36)20-12-15-31-16-13-20)28(37)34(22-7-4-3-5-8-22)18-6-9-24(35)27-33-23-19-21(30)10-11-25(23)38-27/h3-5,7-8,10-11,19-20,31H,6,9,12-18H2,1-2H3,(H,32,36). The molecule has 0 aliphatic carbocycles. The largest absolute Gasteiger partial charge is 0.434 e. The molecule has 9 heteroatoms. The fraction of sp³-hybridized carbons (Fsp3) is 0.448. The molecule has 2 N–H and O–H groups in total. The van der Waals surface area contributed by atoms with E-state index in [1.807, 2.05) is 44.2 Å². The Labute approximate surface area is 228 Å². The van der Waals surface area contributed by atoms with E-state index >= 15 is 0 Å². The average Bonchev–Trinajstić information content (AvgIpc) is 3.35. The number of aromatic nitrogens is 1. The van der Waals surface area contributed by atoms with E-state index in [0.717, 1.165) is 31.6 Å². The lowest BCUT2D eigenvalue weighted by Gasteiger charge is -2.32. The normalized spacial score (nSPS) is 14.4. The SMILES string of the molecule is CC(C)(CCNC(=O)C1CCNCC1)C(=O)N(CCCC(=O)c1nc2cc(Cl)ccc2o1)c1ccccc1. The second-order valence-electron chi connectivity index (χ2n) is 10.4. The molecule has 1 aliphatic rings. The van der Waals surface area contributed by atoms with E-state index in [0.29, 0.717) is 42.1 Å². The summed E-state index contributed by atoms with van der Waals surface area (Å²) in [6, 6.07) is 14.5. The number of piperidine rings is 1. The molecule has 2 heterocycles. The van der Waals surface area contributed by atoms with Crippen LogP contribution in [0.25, 0.3) is 11.1 Å². The third-order valence-electron chi connectivity index (χ3n) is 7.02. The minimum absolute atomic E-state index is 0.0339. The van der Waals surface area contributed by atoms with Crippen LogP contribution < -0.4 is 15.5 Å². The summed E-state index contributed by atoms with van der Waals surface area (Å²) in [5, 5.41) is 6.82. The van der Waals surface area contributed by atoms with Crippen LogP contribution in [0.15, 0.2) is 52.9 Å². The number of rotatable bonds is 11. The summed E-state index contributed by atoms with van der Waals surface area (Å²) >= 11 is 6.01. The number of para-hydroxylation sites is 1. The second kappa shape index (κ2) is 12.5. The van der Waals surface area contributed by atoms with Crippen molar-refractivity contribution in [3.8, 4) is 0 Å². The molecule has 1 fully saturated rings. The van der Waals surface area contributed by atoms with Gasteiger partial charge in [0.1, 0.15) is 5.52 Å². The predicted octanol–water partition coefficient (Wildman–Crippen LogP) is 5.01. The molecular weight excluding hydrogens is 504 g/mol. The van der Waals surface area contributed by atoms with Crippen molar-refractivity contribution in [2.75, 3.05) is 31.1 Å². The van der Waals surface area contributed by atoms with Crippen molar-refractivity contribution in [1.82, 2.24) is 15.6 Å². The van der Waals surface area contributed by atoms with Crippen LogP contribution in [0.5, 0.6) is 0 Å². The summed E-state index contributed by atoms with van der Waals surface area (Å²) in [4.78, 5) is 45.0. The number of amides is 2. The Morgan fingerprint density at radius 2 is 1.87 bits per heavy atom. The Hall–Kier alpha value is -3.23. The van der Waals surface area contributed by atoms with E-state index in [1.165, 1.54) is 0 Å². The molecule has 38 heavy (non-hydrogen) atoms. The minimum Gasteiger partial charge on any atom is -0.434 e. The van der Waals surface area contributed by atoms with Gasteiger partial charge in [0.05, 0.1) is 0 Å². The van der Waals surface area contributed by atoms with E-state index in [2.05, 4.69) is 15.6 Å². The number of hydrogen-bond acceptors (Lipinski definition) is 6. The summed E-state index contributed by atoms with van der Waals surface area (Å²) in [6.45, 7) is 6.32. The maximum absolute atomic E-state index is 13.7. The van der Waals surface area contributed by atoms with Crippen LogP contribution in [0, 0.1) is 11.3 Å². The van der Waals surface area contributed by atoms with Crippen LogP contribution in [0.3, 0.4) is 0 Å². The van der Waals surface area contributed by atoms with Gasteiger partial charge in [0.15, 0.2) is 5.58 Å². The predicted molar refractivity (Wildman–Crippen MR) is 148 cm³/mol. The molecule has 2 amide bonds. The van der Waals surface area contributed by atoms with Crippen LogP contribution in [0.1, 0.15) is 56.6 Å². The Morgan fingerprint density at radius 3 is 2.61 bits per heavy atom. The van der Waals surface area contributed by atoms with Gasteiger partial charge < -0.3 is 20.0 Å². The first-order valence-electron chi connectivity index (χ1n) is 13.2. The Bertz CT molecular complexity index is 1270. The van der Waals surface area contributed by atoms with E-state index in [1.54, 1.807) is 23.1 Å². The third-order valence-corrected chi connectivity index (χ3v) is 7.26. The van der Waals surface area contributed by atoms with Gasteiger partial charge in [-0.3, -0.25) is 14.4 Å². The Kier molecular flexibility index (Phi) is 9.17. The number of fused-ring (bicyclic) bond motifs is 1. The van der Waals surface area contributed by atoms with Crippen LogP contribution in [0.4, 0.5) is 5.69 Å². The third kappa shape index (κ3) is 6.99. The topological polar surface area (TPSA) is 105 Å². The monoisotopic (exact) mass is 538 g/mol. The molecule has 8 nitrogen and oxygen atoms in total. The van der Waals surface area contributed by atoms with Crippen LogP contribution in [-0.4, -0.2) is 48.8 Å². The molecule has 0 radical (unpaired) electrons.